The van der Waals surface area contributed by atoms with Crippen molar-refractivity contribution in [1.82, 2.24) is 0 Å². The Morgan fingerprint density at radius 2 is 2.06 bits per heavy atom. The molecule has 0 amide bonds. The Hall–Kier alpha value is -1.80. The molecule has 1 aromatic rings. The van der Waals surface area contributed by atoms with Gasteiger partial charge in [0.25, 0.3) is 10.1 Å². The first-order valence-electron chi connectivity index (χ1n) is 4.93. The third-order valence-corrected chi connectivity index (χ3v) is 3.01. The highest BCUT2D eigenvalue weighted by atomic mass is 32.2. The van der Waals surface area contributed by atoms with E-state index in [2.05, 4.69) is 0 Å². The first-order valence-corrected chi connectivity index (χ1v) is 6.37. The van der Waals surface area contributed by atoms with Crippen LogP contribution in [0.1, 0.15) is 17.3 Å². The number of carbonyl (C=O) groups excluding carboxylic acids is 1. The summed E-state index contributed by atoms with van der Waals surface area (Å²) in [5.74, 6) is -0.697. The quantitative estimate of drug-likeness (QED) is 0.472. The molecule has 0 aliphatic carbocycles. The molecule has 1 aromatic carbocycles. The number of esters is 1. The van der Waals surface area contributed by atoms with E-state index < -0.39 is 21.0 Å². The predicted molar refractivity (Wildman–Crippen MR) is 63.2 cm³/mol. The molecule has 0 heterocycles. The van der Waals surface area contributed by atoms with Crippen LogP contribution in [0.15, 0.2) is 17.0 Å². The van der Waals surface area contributed by atoms with Gasteiger partial charge in [-0.15, -0.1) is 0 Å². The van der Waals surface area contributed by atoms with Gasteiger partial charge in [0.2, 0.25) is 0 Å². The lowest BCUT2D eigenvalue weighted by Crippen LogP contribution is -2.11. The molecule has 0 aromatic heterocycles. The fourth-order valence-corrected chi connectivity index (χ4v) is 1.96. The average molecular weight is 275 g/mol. The minimum atomic E-state index is -4.52. The number of nitrogen functional groups attached to an aromatic ring is 1. The molecule has 0 saturated carbocycles. The van der Waals surface area contributed by atoms with E-state index in [0.717, 1.165) is 12.1 Å². The fraction of sp³-hybridized carbons (Fsp3) is 0.300. The van der Waals surface area contributed by atoms with Gasteiger partial charge in [0.05, 0.1) is 19.4 Å². The van der Waals surface area contributed by atoms with E-state index in [9.17, 15) is 13.2 Å². The summed E-state index contributed by atoms with van der Waals surface area (Å²) in [5, 5.41) is 0. The predicted octanol–water partition coefficient (Wildman–Crippen LogP) is 0.701. The third kappa shape index (κ3) is 2.90. The molecule has 0 aliphatic rings. The summed E-state index contributed by atoms with van der Waals surface area (Å²) in [7, 11) is -3.22. The lowest BCUT2D eigenvalue weighted by atomic mass is 10.2. The fourth-order valence-electron chi connectivity index (χ4n) is 1.34. The maximum atomic E-state index is 11.6. The molecule has 0 bridgehead atoms. The number of rotatable bonds is 4. The summed E-state index contributed by atoms with van der Waals surface area (Å²) in [6, 6.07) is 2.05. The van der Waals surface area contributed by atoms with E-state index in [1.807, 2.05) is 0 Å². The summed E-state index contributed by atoms with van der Waals surface area (Å²) >= 11 is 0. The van der Waals surface area contributed by atoms with Crippen LogP contribution in [-0.2, 0) is 14.9 Å². The van der Waals surface area contributed by atoms with Crippen molar-refractivity contribution in [2.45, 2.75) is 11.8 Å². The minimum absolute atomic E-state index is 0.0679. The van der Waals surface area contributed by atoms with Crippen molar-refractivity contribution in [2.24, 2.45) is 0 Å². The maximum Gasteiger partial charge on any atom is 0.341 e. The number of carbonyl (C=O) groups is 1. The van der Waals surface area contributed by atoms with Crippen molar-refractivity contribution in [1.29, 1.82) is 0 Å². The molecule has 8 heteroatoms. The SMILES string of the molecule is CCOC(=O)c1cc(S(=O)(=O)O)c(N)cc1OC. The molecule has 0 unspecified atom stereocenters. The zero-order valence-corrected chi connectivity index (χ0v) is 10.7. The van der Waals surface area contributed by atoms with Gasteiger partial charge in [0.1, 0.15) is 16.2 Å². The second-order valence-corrected chi connectivity index (χ2v) is 4.68. The Morgan fingerprint density at radius 1 is 1.44 bits per heavy atom. The topological polar surface area (TPSA) is 116 Å². The van der Waals surface area contributed by atoms with E-state index in [1.54, 1.807) is 6.92 Å². The van der Waals surface area contributed by atoms with Crippen LogP contribution >= 0.6 is 0 Å². The van der Waals surface area contributed by atoms with Gasteiger partial charge in [0, 0.05) is 6.07 Å². The highest BCUT2D eigenvalue weighted by molar-refractivity contribution is 7.86. The van der Waals surface area contributed by atoms with Crippen LogP contribution < -0.4 is 10.5 Å². The van der Waals surface area contributed by atoms with Gasteiger partial charge >= 0.3 is 5.97 Å². The molecular formula is C10H13NO6S. The number of hydrogen-bond donors (Lipinski definition) is 2. The first-order chi connectivity index (χ1) is 8.31. The molecule has 0 spiro atoms. The smallest absolute Gasteiger partial charge is 0.341 e. The summed E-state index contributed by atoms with van der Waals surface area (Å²) < 4.78 is 40.8. The van der Waals surface area contributed by atoms with Gasteiger partial charge < -0.3 is 15.2 Å². The second-order valence-electron chi connectivity index (χ2n) is 3.29. The molecule has 0 atom stereocenters. The summed E-state index contributed by atoms with van der Waals surface area (Å²) in [6.45, 7) is 1.72. The van der Waals surface area contributed by atoms with Crippen molar-refractivity contribution >= 4 is 21.8 Å². The molecule has 1 rings (SSSR count). The number of anilines is 1. The van der Waals surface area contributed by atoms with Crippen LogP contribution in [0.25, 0.3) is 0 Å². The monoisotopic (exact) mass is 275 g/mol. The second kappa shape index (κ2) is 5.23. The van der Waals surface area contributed by atoms with Gasteiger partial charge in [0.15, 0.2) is 0 Å². The van der Waals surface area contributed by atoms with Gasteiger partial charge in [-0.3, -0.25) is 4.55 Å². The van der Waals surface area contributed by atoms with Crippen LogP contribution in [0.4, 0.5) is 5.69 Å². The summed E-state index contributed by atoms with van der Waals surface area (Å²) in [6.07, 6.45) is 0. The van der Waals surface area contributed by atoms with Crippen molar-refractivity contribution in [3.8, 4) is 5.75 Å². The Kier molecular flexibility index (Phi) is 4.15. The Labute approximate surface area is 104 Å². The molecule has 3 N–H and O–H groups in total. The Bertz CT molecular complexity index is 566. The van der Waals surface area contributed by atoms with Crippen molar-refractivity contribution in [3.05, 3.63) is 17.7 Å². The molecule has 0 radical (unpaired) electrons. The molecule has 0 aliphatic heterocycles. The summed E-state index contributed by atoms with van der Waals surface area (Å²) in [4.78, 5) is 11.0. The maximum absolute atomic E-state index is 11.6. The molecule has 7 nitrogen and oxygen atoms in total. The number of hydrogen-bond acceptors (Lipinski definition) is 6. The zero-order valence-electron chi connectivity index (χ0n) is 9.84. The standard InChI is InChI=1S/C10H13NO6S/c1-3-17-10(12)6-4-9(18(13,14)15)7(11)5-8(6)16-2/h4-5H,3,11H2,1-2H3,(H,13,14,15). The lowest BCUT2D eigenvalue weighted by Gasteiger charge is -2.11. The number of methoxy groups -OCH3 is 1. The van der Waals surface area contributed by atoms with Crippen LogP contribution in [-0.4, -0.2) is 32.7 Å². The van der Waals surface area contributed by atoms with Crippen LogP contribution in [0.3, 0.4) is 0 Å². The average Bonchev–Trinajstić information content (AvgIpc) is 2.27. The van der Waals surface area contributed by atoms with E-state index in [4.69, 9.17) is 19.8 Å². The van der Waals surface area contributed by atoms with Crippen LogP contribution in [0.5, 0.6) is 5.75 Å². The number of nitrogens with two attached hydrogens (primary N) is 1. The zero-order chi connectivity index (χ0) is 13.9. The molecule has 0 saturated heterocycles. The highest BCUT2D eigenvalue weighted by Gasteiger charge is 2.22. The van der Waals surface area contributed by atoms with E-state index in [0.29, 0.717) is 0 Å². The minimum Gasteiger partial charge on any atom is -0.496 e. The molecular weight excluding hydrogens is 262 g/mol. The number of ether oxygens (including phenoxy) is 2. The molecule has 18 heavy (non-hydrogen) atoms. The molecule has 0 fully saturated rings. The van der Waals surface area contributed by atoms with Crippen molar-refractivity contribution in [2.75, 3.05) is 19.5 Å². The van der Waals surface area contributed by atoms with E-state index >= 15 is 0 Å². The third-order valence-electron chi connectivity index (χ3n) is 2.11. The Balaban J connectivity index is 3.45. The normalized spacial score (nSPS) is 11.1. The van der Waals surface area contributed by atoms with Gasteiger partial charge in [-0.1, -0.05) is 0 Å². The van der Waals surface area contributed by atoms with Crippen molar-refractivity contribution < 1.29 is 27.2 Å². The van der Waals surface area contributed by atoms with Crippen molar-refractivity contribution in [3.63, 3.8) is 0 Å². The number of benzene rings is 1. The largest absolute Gasteiger partial charge is 0.496 e. The van der Waals surface area contributed by atoms with Crippen LogP contribution in [0.2, 0.25) is 0 Å². The van der Waals surface area contributed by atoms with Gasteiger partial charge in [-0.2, -0.15) is 8.42 Å². The summed E-state index contributed by atoms with van der Waals surface area (Å²) in [5.41, 5.74) is 5.11. The van der Waals surface area contributed by atoms with Gasteiger partial charge in [-0.25, -0.2) is 4.79 Å². The van der Waals surface area contributed by atoms with Crippen LogP contribution in [0, 0.1) is 0 Å². The first kappa shape index (κ1) is 14.3. The Morgan fingerprint density at radius 3 is 2.50 bits per heavy atom. The molecule has 100 valence electrons. The lowest BCUT2D eigenvalue weighted by molar-refractivity contribution is 0.0522. The van der Waals surface area contributed by atoms with E-state index in [1.165, 1.54) is 7.11 Å². The van der Waals surface area contributed by atoms with Gasteiger partial charge in [-0.05, 0) is 13.0 Å². The van der Waals surface area contributed by atoms with E-state index in [-0.39, 0.29) is 23.6 Å². The highest BCUT2D eigenvalue weighted by Crippen LogP contribution is 2.28.